The number of allylic oxidation sites excluding steroid dienone is 3. The summed E-state index contributed by atoms with van der Waals surface area (Å²) >= 11 is 5.86. The first kappa shape index (κ1) is 10.7. The van der Waals surface area contributed by atoms with Crippen LogP contribution in [0.15, 0.2) is 36.1 Å². The molecule has 1 N–H and O–H groups in total. The van der Waals surface area contributed by atoms with Gasteiger partial charge in [-0.1, -0.05) is 18.2 Å². The molecule has 0 aromatic rings. The minimum atomic E-state index is 0. The van der Waals surface area contributed by atoms with Crippen molar-refractivity contribution in [2.45, 2.75) is 12.5 Å². The first-order chi connectivity index (χ1) is 5.92. The Balaban J connectivity index is 0.000000845. The van der Waals surface area contributed by atoms with Crippen molar-refractivity contribution >= 4 is 24.0 Å². The summed E-state index contributed by atoms with van der Waals surface area (Å²) < 4.78 is 0. The lowest BCUT2D eigenvalue weighted by Gasteiger charge is -2.29. The van der Waals surface area contributed by atoms with Crippen molar-refractivity contribution in [1.82, 2.24) is 5.32 Å². The van der Waals surface area contributed by atoms with Crippen molar-refractivity contribution in [2.75, 3.05) is 5.88 Å². The summed E-state index contributed by atoms with van der Waals surface area (Å²) in [5.41, 5.74) is 1.43. The van der Waals surface area contributed by atoms with Gasteiger partial charge in [0.15, 0.2) is 0 Å². The summed E-state index contributed by atoms with van der Waals surface area (Å²) in [5.74, 6) is 1.12. The van der Waals surface area contributed by atoms with Crippen LogP contribution in [0.25, 0.3) is 0 Å². The third-order valence-electron chi connectivity index (χ3n) is 2.42. The number of nitrogens with one attached hydrogen (secondary N) is 1. The topological polar surface area (TPSA) is 12.0 Å². The molecule has 1 aliphatic carbocycles. The fourth-order valence-corrected chi connectivity index (χ4v) is 2.04. The number of hydrogen-bond donors (Lipinski definition) is 1. The first-order valence-corrected chi connectivity index (χ1v) is 4.80. The lowest BCUT2D eigenvalue weighted by molar-refractivity contribution is 0.587. The molecule has 13 heavy (non-hydrogen) atoms. The van der Waals surface area contributed by atoms with Gasteiger partial charge in [-0.3, -0.25) is 0 Å². The predicted octanol–water partition coefficient (Wildman–Crippen LogP) is 2.64. The molecule has 0 radical (unpaired) electrons. The summed E-state index contributed by atoms with van der Waals surface area (Å²) in [6, 6.07) is 0.490. The van der Waals surface area contributed by atoms with Crippen LogP contribution in [0.4, 0.5) is 0 Å². The summed E-state index contributed by atoms with van der Waals surface area (Å²) in [5, 5.41) is 3.33. The molecule has 2 aliphatic rings. The van der Waals surface area contributed by atoms with Crippen LogP contribution >= 0.6 is 24.0 Å². The average molecular weight is 218 g/mol. The fraction of sp³-hybridized carbons (Fsp3) is 0.400. The quantitative estimate of drug-likeness (QED) is 0.527. The molecule has 72 valence electrons. The molecule has 2 atom stereocenters. The van der Waals surface area contributed by atoms with Gasteiger partial charge in [-0.05, 0) is 24.3 Å². The smallest absolute Gasteiger partial charge is 0.0511 e. The van der Waals surface area contributed by atoms with Crippen LogP contribution in [0.2, 0.25) is 0 Å². The molecule has 0 amide bonds. The van der Waals surface area contributed by atoms with Crippen molar-refractivity contribution in [2.24, 2.45) is 5.92 Å². The molecule has 0 spiro atoms. The Morgan fingerprint density at radius 2 is 2.38 bits per heavy atom. The Bertz CT molecular complexity index is 256. The number of fused-ring (bicyclic) bond motifs is 1. The summed E-state index contributed by atoms with van der Waals surface area (Å²) in [7, 11) is 0. The minimum Gasteiger partial charge on any atom is -0.384 e. The van der Waals surface area contributed by atoms with Gasteiger partial charge in [0.2, 0.25) is 0 Å². The second-order valence-electron chi connectivity index (χ2n) is 3.17. The van der Waals surface area contributed by atoms with Gasteiger partial charge in [-0.15, -0.1) is 24.0 Å². The van der Waals surface area contributed by atoms with Crippen molar-refractivity contribution < 1.29 is 0 Å². The molecule has 0 saturated carbocycles. The normalized spacial score (nSPS) is 29.8. The maximum atomic E-state index is 5.86. The second-order valence-corrected chi connectivity index (χ2v) is 3.48. The first-order valence-electron chi connectivity index (χ1n) is 4.27. The number of hydrogen-bond acceptors (Lipinski definition) is 1. The molecule has 2 rings (SSSR count). The Hall–Kier alpha value is -0.400. The van der Waals surface area contributed by atoms with Crippen molar-refractivity contribution in [1.29, 1.82) is 0 Å². The maximum Gasteiger partial charge on any atom is 0.0511 e. The Morgan fingerprint density at radius 3 is 3.15 bits per heavy atom. The standard InChI is InChI=1S/C10H12ClN.ClH/c11-7-8-3-1-5-10-9(8)4-2-6-12-10;/h1-4,6,8,10,12H,5,7H2;1H. The fourth-order valence-electron chi connectivity index (χ4n) is 1.76. The zero-order valence-corrected chi connectivity index (χ0v) is 8.81. The SMILES string of the molecule is Cl.ClCC1C=CCC2NC=CC=C12. The van der Waals surface area contributed by atoms with E-state index in [4.69, 9.17) is 11.6 Å². The monoisotopic (exact) mass is 217 g/mol. The lowest BCUT2D eigenvalue weighted by atomic mass is 9.86. The highest BCUT2D eigenvalue weighted by Gasteiger charge is 2.22. The molecule has 3 heteroatoms. The van der Waals surface area contributed by atoms with E-state index in [0.29, 0.717) is 17.8 Å². The number of dihydropyridines is 1. The molecule has 1 heterocycles. The molecular formula is C10H13Cl2N. The number of halogens is 2. The van der Waals surface area contributed by atoms with Crippen molar-refractivity contribution in [3.05, 3.63) is 36.1 Å². The molecule has 0 bridgehead atoms. The van der Waals surface area contributed by atoms with E-state index in [0.717, 1.165) is 6.42 Å². The van der Waals surface area contributed by atoms with Crippen LogP contribution in [0.5, 0.6) is 0 Å². The Kier molecular flexibility index (Phi) is 3.89. The predicted molar refractivity (Wildman–Crippen MR) is 59.4 cm³/mol. The number of alkyl halides is 1. The molecule has 1 nitrogen and oxygen atoms in total. The van der Waals surface area contributed by atoms with Crippen LogP contribution in [0, 0.1) is 5.92 Å². The molecule has 0 fully saturated rings. The summed E-state index contributed by atoms with van der Waals surface area (Å²) in [6.45, 7) is 0. The van der Waals surface area contributed by atoms with Gasteiger partial charge in [0.1, 0.15) is 0 Å². The maximum absolute atomic E-state index is 5.86. The second kappa shape index (κ2) is 4.73. The molecule has 1 aliphatic heterocycles. The third kappa shape index (κ3) is 2.09. The molecule has 0 saturated heterocycles. The van der Waals surface area contributed by atoms with E-state index in [1.165, 1.54) is 5.57 Å². The molecular weight excluding hydrogens is 205 g/mol. The average Bonchev–Trinajstić information content (AvgIpc) is 2.17. The largest absolute Gasteiger partial charge is 0.384 e. The Morgan fingerprint density at radius 1 is 1.54 bits per heavy atom. The van der Waals surface area contributed by atoms with Crippen LogP contribution in [0.1, 0.15) is 6.42 Å². The van der Waals surface area contributed by atoms with Gasteiger partial charge in [0, 0.05) is 11.8 Å². The van der Waals surface area contributed by atoms with Gasteiger partial charge < -0.3 is 5.32 Å². The van der Waals surface area contributed by atoms with Gasteiger partial charge >= 0.3 is 0 Å². The molecule has 2 unspecified atom stereocenters. The van der Waals surface area contributed by atoms with Crippen molar-refractivity contribution in [3.63, 3.8) is 0 Å². The van der Waals surface area contributed by atoms with Gasteiger partial charge in [0.25, 0.3) is 0 Å². The van der Waals surface area contributed by atoms with Crippen LogP contribution in [-0.2, 0) is 0 Å². The summed E-state index contributed by atoms with van der Waals surface area (Å²) in [4.78, 5) is 0. The van der Waals surface area contributed by atoms with Crippen molar-refractivity contribution in [3.8, 4) is 0 Å². The van der Waals surface area contributed by atoms with Crippen LogP contribution in [0.3, 0.4) is 0 Å². The van der Waals surface area contributed by atoms with Gasteiger partial charge in [-0.2, -0.15) is 0 Å². The van der Waals surface area contributed by atoms with E-state index in [1.54, 1.807) is 0 Å². The molecule has 0 aromatic carbocycles. The van der Waals surface area contributed by atoms with E-state index in [-0.39, 0.29) is 12.4 Å². The zero-order chi connectivity index (χ0) is 8.39. The minimum absolute atomic E-state index is 0. The van der Waals surface area contributed by atoms with E-state index in [2.05, 4.69) is 23.5 Å². The third-order valence-corrected chi connectivity index (χ3v) is 2.75. The van der Waals surface area contributed by atoms with E-state index >= 15 is 0 Å². The molecule has 0 aromatic heterocycles. The highest BCUT2D eigenvalue weighted by Crippen LogP contribution is 2.27. The highest BCUT2D eigenvalue weighted by atomic mass is 35.5. The Labute approximate surface area is 89.9 Å². The number of rotatable bonds is 1. The van der Waals surface area contributed by atoms with E-state index < -0.39 is 0 Å². The highest BCUT2D eigenvalue weighted by molar-refractivity contribution is 6.18. The van der Waals surface area contributed by atoms with Gasteiger partial charge in [0.05, 0.1) is 6.04 Å². The van der Waals surface area contributed by atoms with Crippen LogP contribution in [-0.4, -0.2) is 11.9 Å². The van der Waals surface area contributed by atoms with Gasteiger partial charge in [-0.25, -0.2) is 0 Å². The zero-order valence-electron chi connectivity index (χ0n) is 7.24. The summed E-state index contributed by atoms with van der Waals surface area (Å²) in [6.07, 6.45) is 11.7. The van der Waals surface area contributed by atoms with Crippen LogP contribution < -0.4 is 5.32 Å². The van der Waals surface area contributed by atoms with E-state index in [9.17, 15) is 0 Å². The lowest BCUT2D eigenvalue weighted by Crippen LogP contribution is -2.33. The van der Waals surface area contributed by atoms with E-state index in [1.807, 2.05) is 12.3 Å².